The summed E-state index contributed by atoms with van der Waals surface area (Å²) >= 11 is 0. The van der Waals surface area contributed by atoms with Crippen molar-refractivity contribution in [2.75, 3.05) is 5.32 Å². The fraction of sp³-hybridized carbons (Fsp3) is 0. The highest BCUT2D eigenvalue weighted by atomic mass is 15.1. The fourth-order valence-corrected chi connectivity index (χ4v) is 3.03. The van der Waals surface area contributed by atoms with E-state index in [0.717, 1.165) is 33.7 Å². The third-order valence-corrected chi connectivity index (χ3v) is 4.19. The largest absolute Gasteiger partial charge is 0.337 e. The zero-order chi connectivity index (χ0) is 16.6. The van der Waals surface area contributed by atoms with Gasteiger partial charge in [-0.05, 0) is 24.3 Å². The zero-order valence-electron chi connectivity index (χ0n) is 13.2. The van der Waals surface area contributed by atoms with Gasteiger partial charge in [0.25, 0.3) is 0 Å². The summed E-state index contributed by atoms with van der Waals surface area (Å²) in [6.07, 6.45) is 9.10. The van der Waals surface area contributed by atoms with Crippen LogP contribution in [0.5, 0.6) is 0 Å². The van der Waals surface area contributed by atoms with Gasteiger partial charge in [-0.25, -0.2) is 15.0 Å². The number of anilines is 2. The molecule has 0 aliphatic rings. The second kappa shape index (κ2) is 5.45. The standard InChI is InChI=1S/C19H14N6/c1-3-7-16(24-10-9-20-12-24)14(5-1)22-19-18-11-21-13-25(18)17-8-4-2-6-15(17)23-19/h1-13H,(H,22,23). The highest BCUT2D eigenvalue weighted by Crippen LogP contribution is 2.27. The molecule has 0 saturated carbocycles. The van der Waals surface area contributed by atoms with E-state index < -0.39 is 0 Å². The molecule has 0 fully saturated rings. The number of rotatable bonds is 3. The number of fused-ring (bicyclic) bond motifs is 3. The van der Waals surface area contributed by atoms with E-state index in [-0.39, 0.29) is 0 Å². The maximum atomic E-state index is 4.80. The van der Waals surface area contributed by atoms with Gasteiger partial charge in [0.15, 0.2) is 5.82 Å². The Morgan fingerprint density at radius 3 is 2.64 bits per heavy atom. The lowest BCUT2D eigenvalue weighted by atomic mass is 10.2. The Labute approximate surface area is 143 Å². The van der Waals surface area contributed by atoms with E-state index in [1.54, 1.807) is 12.5 Å². The number of hydrogen-bond acceptors (Lipinski definition) is 4. The second-order valence-electron chi connectivity index (χ2n) is 5.71. The molecule has 6 heteroatoms. The molecule has 1 N–H and O–H groups in total. The lowest BCUT2D eigenvalue weighted by Crippen LogP contribution is -2.02. The molecular formula is C19H14N6. The molecule has 3 heterocycles. The van der Waals surface area contributed by atoms with Crippen molar-refractivity contribution < 1.29 is 0 Å². The predicted molar refractivity (Wildman–Crippen MR) is 97.3 cm³/mol. The first-order valence-corrected chi connectivity index (χ1v) is 7.95. The van der Waals surface area contributed by atoms with Gasteiger partial charge in [-0.2, -0.15) is 0 Å². The van der Waals surface area contributed by atoms with Crippen molar-refractivity contribution >= 4 is 28.1 Å². The van der Waals surface area contributed by atoms with E-state index >= 15 is 0 Å². The van der Waals surface area contributed by atoms with Crippen LogP contribution in [0.3, 0.4) is 0 Å². The topological polar surface area (TPSA) is 60.0 Å². The number of hydrogen-bond donors (Lipinski definition) is 1. The van der Waals surface area contributed by atoms with Crippen molar-refractivity contribution in [3.8, 4) is 5.69 Å². The Morgan fingerprint density at radius 1 is 0.840 bits per heavy atom. The van der Waals surface area contributed by atoms with Crippen LogP contribution in [0.2, 0.25) is 0 Å². The Bertz CT molecular complexity index is 1170. The Kier molecular flexibility index (Phi) is 3.00. The average molecular weight is 326 g/mol. The number of benzene rings is 2. The molecule has 5 aromatic rings. The van der Waals surface area contributed by atoms with Crippen molar-refractivity contribution in [2.45, 2.75) is 0 Å². The number of nitrogens with one attached hydrogen (secondary N) is 1. The molecule has 2 aromatic carbocycles. The molecule has 25 heavy (non-hydrogen) atoms. The molecule has 6 nitrogen and oxygen atoms in total. The maximum Gasteiger partial charge on any atom is 0.157 e. The minimum atomic E-state index is 0.767. The van der Waals surface area contributed by atoms with Gasteiger partial charge in [0.2, 0.25) is 0 Å². The van der Waals surface area contributed by atoms with Crippen LogP contribution >= 0.6 is 0 Å². The monoisotopic (exact) mass is 326 g/mol. The van der Waals surface area contributed by atoms with Crippen molar-refractivity contribution in [1.29, 1.82) is 0 Å². The molecular weight excluding hydrogens is 312 g/mol. The normalized spacial score (nSPS) is 11.2. The summed E-state index contributed by atoms with van der Waals surface area (Å²) in [6.45, 7) is 0. The van der Waals surface area contributed by atoms with Crippen molar-refractivity contribution in [2.24, 2.45) is 0 Å². The third kappa shape index (κ3) is 2.23. The summed E-state index contributed by atoms with van der Waals surface area (Å²) < 4.78 is 4.02. The molecule has 3 aromatic heterocycles. The minimum absolute atomic E-state index is 0.767. The molecule has 0 amide bonds. The molecule has 0 saturated heterocycles. The van der Waals surface area contributed by atoms with Crippen LogP contribution < -0.4 is 5.32 Å². The van der Waals surface area contributed by atoms with Crippen LogP contribution in [0.15, 0.2) is 79.8 Å². The molecule has 0 aliphatic heterocycles. The molecule has 120 valence electrons. The Balaban J connectivity index is 1.69. The van der Waals surface area contributed by atoms with Gasteiger partial charge < -0.3 is 9.88 Å². The fourth-order valence-electron chi connectivity index (χ4n) is 3.03. The van der Waals surface area contributed by atoms with E-state index in [1.165, 1.54) is 0 Å². The van der Waals surface area contributed by atoms with Gasteiger partial charge in [-0.3, -0.25) is 4.40 Å². The lowest BCUT2D eigenvalue weighted by Gasteiger charge is -2.14. The highest BCUT2D eigenvalue weighted by molar-refractivity contribution is 5.86. The first-order chi connectivity index (χ1) is 12.4. The van der Waals surface area contributed by atoms with E-state index in [2.05, 4.69) is 15.3 Å². The van der Waals surface area contributed by atoms with Crippen LogP contribution in [0, 0.1) is 0 Å². The van der Waals surface area contributed by atoms with Gasteiger partial charge in [-0.15, -0.1) is 0 Å². The molecule has 5 rings (SSSR count). The summed E-state index contributed by atoms with van der Waals surface area (Å²) in [6, 6.07) is 16.1. The first-order valence-electron chi connectivity index (χ1n) is 7.95. The van der Waals surface area contributed by atoms with Gasteiger partial charge >= 0.3 is 0 Å². The van der Waals surface area contributed by atoms with Crippen molar-refractivity contribution in [3.63, 3.8) is 0 Å². The maximum absolute atomic E-state index is 4.80. The number of nitrogens with zero attached hydrogens (tertiary/aromatic N) is 5. The van der Waals surface area contributed by atoms with Crippen LogP contribution in [-0.2, 0) is 0 Å². The Morgan fingerprint density at radius 2 is 1.72 bits per heavy atom. The van der Waals surface area contributed by atoms with Crippen LogP contribution in [0.4, 0.5) is 11.5 Å². The van der Waals surface area contributed by atoms with Crippen molar-refractivity contribution in [3.05, 3.63) is 79.8 Å². The SMILES string of the molecule is c1ccc(-n2ccnc2)c(Nc2nc3ccccc3n3cncc23)c1. The number of imidazole rings is 2. The average Bonchev–Trinajstić information content (AvgIpc) is 3.34. The molecule has 0 radical (unpaired) electrons. The molecule has 0 bridgehead atoms. The zero-order valence-corrected chi connectivity index (χ0v) is 13.2. The van der Waals surface area contributed by atoms with Gasteiger partial charge in [0.05, 0.1) is 41.3 Å². The van der Waals surface area contributed by atoms with Gasteiger partial charge in [-0.1, -0.05) is 24.3 Å². The lowest BCUT2D eigenvalue weighted by molar-refractivity contribution is 1.06. The van der Waals surface area contributed by atoms with Crippen LogP contribution in [0.25, 0.3) is 22.2 Å². The second-order valence-corrected chi connectivity index (χ2v) is 5.71. The van der Waals surface area contributed by atoms with E-state index in [0.29, 0.717) is 0 Å². The van der Waals surface area contributed by atoms with Gasteiger partial charge in [0.1, 0.15) is 5.52 Å². The smallest absolute Gasteiger partial charge is 0.157 e. The highest BCUT2D eigenvalue weighted by Gasteiger charge is 2.11. The Hall–Kier alpha value is -3.67. The van der Waals surface area contributed by atoms with Crippen molar-refractivity contribution in [1.82, 2.24) is 23.9 Å². The van der Waals surface area contributed by atoms with E-state index in [9.17, 15) is 0 Å². The first kappa shape index (κ1) is 13.7. The third-order valence-electron chi connectivity index (χ3n) is 4.19. The van der Waals surface area contributed by atoms with Crippen LogP contribution in [0.1, 0.15) is 0 Å². The molecule has 0 aliphatic carbocycles. The minimum Gasteiger partial charge on any atom is -0.337 e. The van der Waals surface area contributed by atoms with Crippen LogP contribution in [-0.4, -0.2) is 23.9 Å². The summed E-state index contributed by atoms with van der Waals surface area (Å²) in [4.78, 5) is 13.2. The number of aromatic nitrogens is 5. The molecule has 0 unspecified atom stereocenters. The van der Waals surface area contributed by atoms with Gasteiger partial charge in [0, 0.05) is 12.4 Å². The predicted octanol–water partition coefficient (Wildman–Crippen LogP) is 3.81. The summed E-state index contributed by atoms with van der Waals surface area (Å²) in [7, 11) is 0. The quantitative estimate of drug-likeness (QED) is 0.548. The number of para-hydroxylation sites is 4. The summed E-state index contributed by atoms with van der Waals surface area (Å²) in [5.41, 5.74) is 4.83. The molecule has 0 spiro atoms. The van der Waals surface area contributed by atoms with E-state index in [4.69, 9.17) is 4.98 Å². The van der Waals surface area contributed by atoms with E-state index in [1.807, 2.05) is 76.2 Å². The molecule has 0 atom stereocenters. The summed E-state index contributed by atoms with van der Waals surface area (Å²) in [5, 5.41) is 3.46. The summed E-state index contributed by atoms with van der Waals surface area (Å²) in [5.74, 6) is 0.767.